The minimum Gasteiger partial charge on any atom is -0.188 e. The summed E-state index contributed by atoms with van der Waals surface area (Å²) in [6.45, 7) is 0. The van der Waals surface area contributed by atoms with Gasteiger partial charge < -0.3 is 0 Å². The van der Waals surface area contributed by atoms with Crippen LogP contribution in [0, 0.1) is 0 Å². The molecule has 0 saturated carbocycles. The predicted molar refractivity (Wildman–Crippen MR) is 34.5 cm³/mol. The first-order valence-electron chi connectivity index (χ1n) is 1.83. The van der Waals surface area contributed by atoms with Crippen molar-refractivity contribution in [2.75, 3.05) is 11.5 Å². The maximum atomic E-state index is 3.37. The van der Waals surface area contributed by atoms with E-state index >= 15 is 0 Å². The fraction of sp³-hybridized carbons (Fsp3) is 1.00. The zero-order valence-corrected chi connectivity index (χ0v) is 5.94. The Labute approximate surface area is 49.5 Å². The Balaban J connectivity index is 2.01. The van der Waals surface area contributed by atoms with Crippen molar-refractivity contribution < 1.29 is 0 Å². The summed E-state index contributed by atoms with van der Waals surface area (Å²) in [6.07, 6.45) is 0. The van der Waals surface area contributed by atoms with Gasteiger partial charge in [-0.2, -0.15) is 23.0 Å². The second-order valence-electron chi connectivity index (χ2n) is 1.28. The normalized spacial score (nSPS) is 23.5. The van der Waals surface area contributed by atoms with Crippen molar-refractivity contribution in [1.29, 1.82) is 0 Å². The van der Waals surface area contributed by atoms with E-state index in [4.69, 9.17) is 0 Å². The molecule has 0 aromatic carbocycles. The molecule has 0 unspecified atom stereocenters. The fourth-order valence-corrected chi connectivity index (χ4v) is 3.06. The van der Waals surface area contributed by atoms with Gasteiger partial charge in [-0.3, -0.25) is 0 Å². The van der Waals surface area contributed by atoms with Gasteiger partial charge in [0.05, 0.1) is 0 Å². The lowest BCUT2D eigenvalue weighted by Gasteiger charge is -2.21. The van der Waals surface area contributed by atoms with E-state index in [0.29, 0.717) is 0 Å². The van der Waals surface area contributed by atoms with Crippen LogP contribution in [0.4, 0.5) is 0 Å². The lowest BCUT2D eigenvalue weighted by Crippen LogP contribution is -2.19. The molecule has 33 valence electrons. The Morgan fingerprint density at radius 3 is 2.33 bits per heavy atom. The average Bonchev–Trinajstić information content (AvgIpc) is 1.31. The Morgan fingerprint density at radius 1 is 1.67 bits per heavy atom. The van der Waals surface area contributed by atoms with Gasteiger partial charge in [-0.05, 0) is 0 Å². The topological polar surface area (TPSA) is 0 Å². The van der Waals surface area contributed by atoms with E-state index in [1.165, 1.54) is 11.5 Å². The molecule has 3 radical (unpaired) electrons. The molecule has 0 amide bonds. The highest BCUT2D eigenvalue weighted by Gasteiger charge is 2.14. The molecule has 1 heterocycles. The summed E-state index contributed by atoms with van der Waals surface area (Å²) in [5, 5.41) is 0.909. The summed E-state index contributed by atoms with van der Waals surface area (Å²) < 4.78 is 0. The minimum atomic E-state index is 0.909. The maximum absolute atomic E-state index is 3.37. The van der Waals surface area contributed by atoms with E-state index < -0.39 is 0 Å². The third-order valence-corrected chi connectivity index (χ3v) is 4.14. The van der Waals surface area contributed by atoms with E-state index in [1.54, 1.807) is 11.2 Å². The van der Waals surface area contributed by atoms with Gasteiger partial charge in [0.2, 0.25) is 0 Å². The van der Waals surface area contributed by atoms with Gasteiger partial charge in [-0.25, -0.2) is 0 Å². The smallest absolute Gasteiger partial charge is 0.120 e. The molecule has 0 aromatic heterocycles. The van der Waals surface area contributed by atoms with Crippen molar-refractivity contribution in [2.24, 2.45) is 0 Å². The second-order valence-corrected chi connectivity index (χ2v) is 3.96. The van der Waals surface area contributed by atoms with Crippen LogP contribution in [0.15, 0.2) is 0 Å². The van der Waals surface area contributed by atoms with Gasteiger partial charge in [0.15, 0.2) is 0 Å². The second kappa shape index (κ2) is 2.28. The van der Waals surface area contributed by atoms with Crippen molar-refractivity contribution in [3.8, 4) is 0 Å². The predicted octanol–water partition coefficient (Wildman–Crippen LogP) is 0.918. The first-order valence-corrected chi connectivity index (χ1v) is 5.09. The molecule has 0 bridgehead atoms. The van der Waals surface area contributed by atoms with E-state index in [0.717, 1.165) is 5.25 Å². The number of hydrogen-bond acceptors (Lipinski definition) is 2. The Hall–Kier alpha value is 0.917. The van der Waals surface area contributed by atoms with Crippen molar-refractivity contribution in [2.45, 2.75) is 5.25 Å². The molecule has 1 saturated heterocycles. The zero-order chi connectivity index (χ0) is 4.41. The SMILES string of the molecule is [Si]SC1CSC1. The minimum absolute atomic E-state index is 0.909. The first-order chi connectivity index (χ1) is 2.93. The van der Waals surface area contributed by atoms with Gasteiger partial charge in [-0.1, -0.05) is 0 Å². The van der Waals surface area contributed by atoms with Crippen LogP contribution in [0.5, 0.6) is 0 Å². The molecule has 0 spiro atoms. The maximum Gasteiger partial charge on any atom is 0.120 e. The fourth-order valence-electron chi connectivity index (χ4n) is 0.282. The molecule has 1 rings (SSSR count). The number of hydrogen-bond donors (Lipinski definition) is 0. The van der Waals surface area contributed by atoms with Crippen LogP contribution < -0.4 is 0 Å². The van der Waals surface area contributed by atoms with Crippen LogP contribution in [0.2, 0.25) is 0 Å². The molecular weight excluding hydrogens is 128 g/mol. The van der Waals surface area contributed by atoms with E-state index in [9.17, 15) is 0 Å². The molecule has 0 atom stereocenters. The lowest BCUT2D eigenvalue weighted by molar-refractivity contribution is 1.09. The third-order valence-electron chi connectivity index (χ3n) is 0.774. The molecule has 1 fully saturated rings. The molecule has 0 N–H and O–H groups in total. The summed E-state index contributed by atoms with van der Waals surface area (Å²) in [6, 6.07) is 0. The van der Waals surface area contributed by atoms with Crippen molar-refractivity contribution in [3.05, 3.63) is 0 Å². The molecule has 1 aliphatic rings. The Morgan fingerprint density at radius 2 is 2.33 bits per heavy atom. The van der Waals surface area contributed by atoms with Crippen molar-refractivity contribution in [3.63, 3.8) is 0 Å². The van der Waals surface area contributed by atoms with Crippen LogP contribution in [-0.2, 0) is 0 Å². The van der Waals surface area contributed by atoms with Crippen molar-refractivity contribution >= 4 is 32.4 Å². The molecular formula is C3H5S2Si. The van der Waals surface area contributed by atoms with Gasteiger partial charge in [0, 0.05) is 16.8 Å². The summed E-state index contributed by atoms with van der Waals surface area (Å²) in [4.78, 5) is 0. The van der Waals surface area contributed by atoms with Gasteiger partial charge in [-0.15, -0.1) is 0 Å². The highest BCUT2D eigenvalue weighted by Crippen LogP contribution is 2.26. The van der Waals surface area contributed by atoms with E-state index in [1.807, 2.05) is 11.8 Å². The van der Waals surface area contributed by atoms with Crippen molar-refractivity contribution in [1.82, 2.24) is 0 Å². The molecule has 0 aromatic rings. The van der Waals surface area contributed by atoms with E-state index in [-0.39, 0.29) is 0 Å². The highest BCUT2D eigenvalue weighted by atomic mass is 32.4. The molecule has 3 heteroatoms. The summed E-state index contributed by atoms with van der Waals surface area (Å²) in [5.74, 6) is 2.68. The quantitative estimate of drug-likeness (QED) is 0.488. The van der Waals surface area contributed by atoms with Crippen LogP contribution >= 0.6 is 23.0 Å². The van der Waals surface area contributed by atoms with Gasteiger partial charge in [0.1, 0.15) is 9.39 Å². The summed E-state index contributed by atoms with van der Waals surface area (Å²) in [7, 11) is 3.37. The standard InChI is InChI=1S/C3H5S2Si/c6-5-3-1-4-2-3/h3H,1-2H2. The molecule has 0 nitrogen and oxygen atoms in total. The third kappa shape index (κ3) is 0.949. The van der Waals surface area contributed by atoms with Crippen LogP contribution in [0.1, 0.15) is 0 Å². The average molecular weight is 133 g/mol. The van der Waals surface area contributed by atoms with E-state index in [2.05, 4.69) is 9.39 Å². The zero-order valence-electron chi connectivity index (χ0n) is 3.31. The highest BCUT2D eigenvalue weighted by molar-refractivity contribution is 8.22. The molecule has 1 aliphatic heterocycles. The molecule has 0 aliphatic carbocycles. The lowest BCUT2D eigenvalue weighted by atomic mass is 10.5. The summed E-state index contributed by atoms with van der Waals surface area (Å²) in [5.41, 5.74) is 0. The molecule has 6 heavy (non-hydrogen) atoms. The number of rotatable bonds is 1. The number of thioether (sulfide) groups is 1. The van der Waals surface area contributed by atoms with Crippen LogP contribution in [-0.4, -0.2) is 26.1 Å². The Kier molecular flexibility index (Phi) is 1.93. The largest absolute Gasteiger partial charge is 0.188 e. The monoisotopic (exact) mass is 133 g/mol. The van der Waals surface area contributed by atoms with Crippen LogP contribution in [0.3, 0.4) is 0 Å². The first kappa shape index (κ1) is 5.06. The van der Waals surface area contributed by atoms with Gasteiger partial charge in [0.25, 0.3) is 0 Å². The summed E-state index contributed by atoms with van der Waals surface area (Å²) >= 11 is 3.81. The van der Waals surface area contributed by atoms with Gasteiger partial charge >= 0.3 is 0 Å². The van der Waals surface area contributed by atoms with Crippen LogP contribution in [0.25, 0.3) is 0 Å². The Bertz CT molecular complexity index is 41.3.